The van der Waals surface area contributed by atoms with Crippen LogP contribution in [0, 0.1) is 0 Å². The lowest BCUT2D eigenvalue weighted by Crippen LogP contribution is -2.02. The van der Waals surface area contributed by atoms with Crippen LogP contribution in [-0.2, 0) is 4.74 Å². The van der Waals surface area contributed by atoms with Gasteiger partial charge in [0, 0.05) is 6.61 Å². The maximum Gasteiger partial charge on any atom is 0.160 e. The van der Waals surface area contributed by atoms with Gasteiger partial charge in [-0.25, -0.2) is 0 Å². The van der Waals surface area contributed by atoms with Crippen molar-refractivity contribution >= 4 is 52.6 Å². The molecular formula is C16H19Cl4NO4. The third kappa shape index (κ3) is 9.42. The summed E-state index contributed by atoms with van der Waals surface area (Å²) in [4.78, 5) is 0. The third-order valence-electron chi connectivity index (χ3n) is 2.94. The summed E-state index contributed by atoms with van der Waals surface area (Å²) in [6.45, 7) is 1.54. The maximum absolute atomic E-state index is 8.21. The number of halogens is 4. The average Bonchev–Trinajstić information content (AvgIpc) is 2.57. The molecule has 140 valence electrons. The molecule has 0 bridgehead atoms. The zero-order valence-electron chi connectivity index (χ0n) is 13.4. The second kappa shape index (κ2) is 13.4. The molecule has 1 aromatic rings. The Labute approximate surface area is 167 Å². The van der Waals surface area contributed by atoms with Gasteiger partial charge < -0.3 is 19.4 Å². The van der Waals surface area contributed by atoms with E-state index in [1.165, 1.54) is 12.3 Å². The van der Waals surface area contributed by atoms with Crippen molar-refractivity contribution in [3.05, 3.63) is 32.7 Å². The van der Waals surface area contributed by atoms with Crippen LogP contribution in [0.4, 0.5) is 0 Å². The lowest BCUT2D eigenvalue weighted by molar-refractivity contribution is 0.164. The second-order valence-corrected chi connectivity index (χ2v) is 6.57. The van der Waals surface area contributed by atoms with Crippen molar-refractivity contribution in [2.75, 3.05) is 26.4 Å². The van der Waals surface area contributed by atoms with E-state index in [1.807, 2.05) is 0 Å². The highest BCUT2D eigenvalue weighted by Gasteiger charge is 2.13. The summed E-state index contributed by atoms with van der Waals surface area (Å²) in [5.74, 6) is 0.822. The van der Waals surface area contributed by atoms with E-state index >= 15 is 0 Å². The van der Waals surface area contributed by atoms with E-state index in [9.17, 15) is 0 Å². The van der Waals surface area contributed by atoms with Crippen LogP contribution >= 0.6 is 46.4 Å². The van der Waals surface area contributed by atoms with Gasteiger partial charge in [0.1, 0.15) is 21.9 Å². The molecule has 0 aliphatic heterocycles. The van der Waals surface area contributed by atoms with Crippen molar-refractivity contribution in [3.63, 3.8) is 0 Å². The normalized spacial score (nSPS) is 10.9. The monoisotopic (exact) mass is 429 g/mol. The fraction of sp³-hybridized carbons (Fsp3) is 0.438. The summed E-state index contributed by atoms with van der Waals surface area (Å²) in [7, 11) is 0. The molecule has 25 heavy (non-hydrogen) atoms. The Hall–Kier alpha value is -0.850. The van der Waals surface area contributed by atoms with E-state index in [0.29, 0.717) is 41.4 Å². The maximum atomic E-state index is 8.21. The molecule has 0 unspecified atom stereocenters. The molecule has 0 fully saturated rings. The number of rotatable bonds is 12. The van der Waals surface area contributed by atoms with E-state index in [4.69, 9.17) is 65.8 Å². The zero-order valence-corrected chi connectivity index (χ0v) is 16.4. The standard InChI is InChI=1S/C16H19Cl4NO4/c17-12-4-5-13(24-10-6-14(18)19)15(20)16(12)25-9-3-1-2-8-23-11-7-21-22/h4-7,22H,1-3,8-11H2. The van der Waals surface area contributed by atoms with Crippen molar-refractivity contribution < 1.29 is 19.4 Å². The van der Waals surface area contributed by atoms with Gasteiger partial charge in [-0.1, -0.05) is 51.6 Å². The zero-order chi connectivity index (χ0) is 18.5. The Kier molecular flexibility index (Phi) is 11.9. The lowest BCUT2D eigenvalue weighted by Gasteiger charge is -2.13. The molecule has 0 aliphatic rings. The van der Waals surface area contributed by atoms with Crippen molar-refractivity contribution in [2.24, 2.45) is 5.16 Å². The lowest BCUT2D eigenvalue weighted by atomic mass is 10.2. The first-order valence-electron chi connectivity index (χ1n) is 7.54. The van der Waals surface area contributed by atoms with E-state index in [1.54, 1.807) is 12.1 Å². The molecule has 5 nitrogen and oxygen atoms in total. The van der Waals surface area contributed by atoms with Crippen LogP contribution in [0.25, 0.3) is 0 Å². The van der Waals surface area contributed by atoms with Gasteiger partial charge in [-0.3, -0.25) is 0 Å². The van der Waals surface area contributed by atoms with Gasteiger partial charge in [0.15, 0.2) is 5.75 Å². The molecular weight excluding hydrogens is 412 g/mol. The van der Waals surface area contributed by atoms with Crippen LogP contribution in [-0.4, -0.2) is 37.8 Å². The molecule has 1 rings (SSSR count). The van der Waals surface area contributed by atoms with Gasteiger partial charge in [0.2, 0.25) is 0 Å². The Bertz CT molecular complexity index is 577. The first-order chi connectivity index (χ1) is 12.1. The Morgan fingerprint density at radius 1 is 1.04 bits per heavy atom. The minimum Gasteiger partial charge on any atom is -0.490 e. The minimum absolute atomic E-state index is 0.120. The highest BCUT2D eigenvalue weighted by molar-refractivity contribution is 6.55. The summed E-state index contributed by atoms with van der Waals surface area (Å²) in [6.07, 6.45) is 5.40. The SMILES string of the molecule is ON=CCOCCCCCOc1c(Cl)ccc(OCC=C(Cl)Cl)c1Cl. The van der Waals surface area contributed by atoms with Gasteiger partial charge in [-0.2, -0.15) is 0 Å². The molecule has 0 saturated heterocycles. The molecule has 0 spiro atoms. The second-order valence-electron chi connectivity index (χ2n) is 4.78. The number of nitrogens with zero attached hydrogens (tertiary/aromatic N) is 1. The predicted octanol–water partition coefficient (Wildman–Crippen LogP) is 5.72. The molecule has 0 amide bonds. The van der Waals surface area contributed by atoms with Gasteiger partial charge in [0.05, 0.1) is 24.5 Å². The van der Waals surface area contributed by atoms with Crippen molar-refractivity contribution in [2.45, 2.75) is 19.3 Å². The highest BCUT2D eigenvalue weighted by atomic mass is 35.5. The van der Waals surface area contributed by atoms with E-state index in [2.05, 4.69) is 5.16 Å². The molecule has 9 heteroatoms. The van der Waals surface area contributed by atoms with Crippen LogP contribution in [0.1, 0.15) is 19.3 Å². The van der Waals surface area contributed by atoms with Crippen molar-refractivity contribution in [1.82, 2.24) is 0 Å². The van der Waals surface area contributed by atoms with E-state index in [0.717, 1.165) is 19.3 Å². The van der Waals surface area contributed by atoms with E-state index < -0.39 is 0 Å². The summed E-state index contributed by atoms with van der Waals surface area (Å²) in [5.41, 5.74) is 0. The summed E-state index contributed by atoms with van der Waals surface area (Å²) in [6, 6.07) is 3.31. The predicted molar refractivity (Wildman–Crippen MR) is 102 cm³/mol. The van der Waals surface area contributed by atoms with Crippen molar-refractivity contribution in [3.8, 4) is 11.5 Å². The first kappa shape index (κ1) is 22.2. The highest BCUT2D eigenvalue weighted by Crippen LogP contribution is 2.39. The molecule has 0 heterocycles. The quantitative estimate of drug-likeness (QED) is 0.199. The topological polar surface area (TPSA) is 60.3 Å². The minimum atomic E-state index is 0.120. The Morgan fingerprint density at radius 2 is 1.80 bits per heavy atom. The van der Waals surface area contributed by atoms with Crippen molar-refractivity contribution in [1.29, 1.82) is 0 Å². The number of oxime groups is 1. The summed E-state index contributed by atoms with van der Waals surface area (Å²) in [5, 5.41) is 11.8. The number of unbranched alkanes of at least 4 members (excludes halogenated alkanes) is 2. The molecule has 1 aromatic carbocycles. The largest absolute Gasteiger partial charge is 0.490 e. The van der Waals surface area contributed by atoms with Crippen LogP contribution in [0.5, 0.6) is 11.5 Å². The Balaban J connectivity index is 2.38. The van der Waals surface area contributed by atoms with Gasteiger partial charge in [0.25, 0.3) is 0 Å². The van der Waals surface area contributed by atoms with Crippen LogP contribution in [0.15, 0.2) is 27.9 Å². The number of ether oxygens (including phenoxy) is 3. The van der Waals surface area contributed by atoms with Gasteiger partial charge >= 0.3 is 0 Å². The summed E-state index contributed by atoms with van der Waals surface area (Å²) < 4.78 is 16.5. The fourth-order valence-electron chi connectivity index (χ4n) is 1.78. The number of hydrogen-bond donors (Lipinski definition) is 1. The first-order valence-corrected chi connectivity index (χ1v) is 9.05. The molecule has 0 saturated carbocycles. The third-order valence-corrected chi connectivity index (χ3v) is 3.91. The smallest absolute Gasteiger partial charge is 0.160 e. The van der Waals surface area contributed by atoms with Gasteiger partial charge in [-0.05, 0) is 37.5 Å². The molecule has 0 radical (unpaired) electrons. The van der Waals surface area contributed by atoms with Crippen LogP contribution < -0.4 is 9.47 Å². The van der Waals surface area contributed by atoms with Crippen LogP contribution in [0.2, 0.25) is 10.0 Å². The molecule has 0 aliphatic carbocycles. The van der Waals surface area contributed by atoms with E-state index in [-0.39, 0.29) is 11.1 Å². The summed E-state index contributed by atoms with van der Waals surface area (Å²) >= 11 is 23.4. The molecule has 0 aromatic heterocycles. The van der Waals surface area contributed by atoms with Crippen LogP contribution in [0.3, 0.4) is 0 Å². The molecule has 0 atom stereocenters. The fourth-order valence-corrected chi connectivity index (χ4v) is 2.44. The van der Waals surface area contributed by atoms with Gasteiger partial charge in [-0.15, -0.1) is 0 Å². The molecule has 1 N–H and O–H groups in total. The average molecular weight is 431 g/mol. The Morgan fingerprint density at radius 3 is 2.52 bits per heavy atom. The number of benzene rings is 1. The number of hydrogen-bond acceptors (Lipinski definition) is 5.